The number of halogens is 3. The molecule has 1 heterocycles. The molecule has 10 heteroatoms. The van der Waals surface area contributed by atoms with E-state index in [2.05, 4.69) is 4.72 Å². The fourth-order valence-electron chi connectivity index (χ4n) is 1.47. The first-order chi connectivity index (χ1) is 9.70. The Morgan fingerprint density at radius 1 is 1.29 bits per heavy atom. The van der Waals surface area contributed by atoms with Gasteiger partial charge in [-0.2, -0.15) is 0 Å². The third-order valence-corrected chi connectivity index (χ3v) is 5.50. The van der Waals surface area contributed by atoms with Crippen LogP contribution >= 0.6 is 34.5 Å². The Morgan fingerprint density at radius 2 is 1.95 bits per heavy atom. The molecule has 2 aromatic rings. The fourth-order valence-corrected chi connectivity index (χ4v) is 4.67. The molecule has 1 aromatic carbocycles. The highest BCUT2D eigenvalue weighted by Gasteiger charge is 2.22. The summed E-state index contributed by atoms with van der Waals surface area (Å²) >= 11 is 12.3. The summed E-state index contributed by atoms with van der Waals surface area (Å²) in [5.41, 5.74) is -0.689. The number of hydrogen-bond donors (Lipinski definition) is 2. The Labute approximate surface area is 133 Å². The lowest BCUT2D eigenvalue weighted by molar-refractivity contribution is 0.0692. The highest BCUT2D eigenvalue weighted by molar-refractivity contribution is 7.93. The molecule has 0 aliphatic rings. The maximum absolute atomic E-state index is 13.5. The zero-order valence-electron chi connectivity index (χ0n) is 9.93. The summed E-state index contributed by atoms with van der Waals surface area (Å²) in [6, 6.07) is 4.02. The second-order valence-electron chi connectivity index (χ2n) is 3.79. The number of sulfonamides is 1. The zero-order chi connectivity index (χ0) is 15.8. The number of carboxylic acid groups (broad SMARTS) is 1. The molecule has 2 N–H and O–H groups in total. The third-order valence-electron chi connectivity index (χ3n) is 2.37. The van der Waals surface area contributed by atoms with E-state index in [9.17, 15) is 17.6 Å². The topological polar surface area (TPSA) is 83.5 Å². The monoisotopic (exact) mass is 369 g/mol. The van der Waals surface area contributed by atoms with Crippen LogP contribution in [0.15, 0.2) is 29.2 Å². The number of nitrogens with one attached hydrogen (secondary N) is 1. The van der Waals surface area contributed by atoms with Gasteiger partial charge in [0.15, 0.2) is 0 Å². The van der Waals surface area contributed by atoms with Crippen molar-refractivity contribution in [1.82, 2.24) is 0 Å². The van der Waals surface area contributed by atoms with Crippen molar-refractivity contribution in [2.24, 2.45) is 0 Å². The molecule has 112 valence electrons. The van der Waals surface area contributed by atoms with E-state index in [1.807, 2.05) is 0 Å². The molecule has 0 spiro atoms. The summed E-state index contributed by atoms with van der Waals surface area (Å²) in [5.74, 6) is -2.51. The SMILES string of the molecule is O=C(O)c1ccc(NS(=O)(=O)c2cc(Cl)sc2Cl)cc1F. The van der Waals surface area contributed by atoms with Crippen molar-refractivity contribution in [3.63, 3.8) is 0 Å². The molecule has 0 fully saturated rings. The van der Waals surface area contributed by atoms with Gasteiger partial charge < -0.3 is 5.11 Å². The van der Waals surface area contributed by atoms with Gasteiger partial charge in [0.25, 0.3) is 10.0 Å². The predicted molar refractivity (Wildman–Crippen MR) is 78.5 cm³/mol. The van der Waals surface area contributed by atoms with Gasteiger partial charge in [0.05, 0.1) is 15.6 Å². The maximum atomic E-state index is 13.5. The molecule has 1 aromatic heterocycles. The van der Waals surface area contributed by atoms with E-state index in [4.69, 9.17) is 28.3 Å². The molecule has 21 heavy (non-hydrogen) atoms. The molecule has 0 aliphatic carbocycles. The lowest BCUT2D eigenvalue weighted by Gasteiger charge is -2.08. The summed E-state index contributed by atoms with van der Waals surface area (Å²) in [7, 11) is -4.04. The molecule has 0 amide bonds. The van der Waals surface area contributed by atoms with Crippen LogP contribution in [0.2, 0.25) is 8.67 Å². The minimum absolute atomic E-state index is 0.0323. The van der Waals surface area contributed by atoms with Crippen LogP contribution in [0.25, 0.3) is 0 Å². The van der Waals surface area contributed by atoms with Gasteiger partial charge in [-0.15, -0.1) is 11.3 Å². The molecule has 5 nitrogen and oxygen atoms in total. The van der Waals surface area contributed by atoms with E-state index in [-0.39, 0.29) is 19.3 Å². The van der Waals surface area contributed by atoms with Gasteiger partial charge in [-0.05, 0) is 24.3 Å². The minimum Gasteiger partial charge on any atom is -0.478 e. The third kappa shape index (κ3) is 3.46. The van der Waals surface area contributed by atoms with Crippen molar-refractivity contribution in [3.05, 3.63) is 44.3 Å². The number of benzene rings is 1. The summed E-state index contributed by atoms with van der Waals surface area (Å²) < 4.78 is 39.9. The summed E-state index contributed by atoms with van der Waals surface area (Å²) in [4.78, 5) is 10.4. The predicted octanol–water partition coefficient (Wildman–Crippen LogP) is 3.69. The summed E-state index contributed by atoms with van der Waals surface area (Å²) in [6.45, 7) is 0. The zero-order valence-corrected chi connectivity index (χ0v) is 13.1. The second-order valence-corrected chi connectivity index (χ2v) is 7.73. The molecule has 0 radical (unpaired) electrons. The number of rotatable bonds is 4. The van der Waals surface area contributed by atoms with Crippen LogP contribution in [0.5, 0.6) is 0 Å². The van der Waals surface area contributed by atoms with Crippen LogP contribution in [0.4, 0.5) is 10.1 Å². The normalized spacial score (nSPS) is 11.4. The lowest BCUT2D eigenvalue weighted by atomic mass is 10.2. The summed E-state index contributed by atoms with van der Waals surface area (Å²) in [5, 5.41) is 8.70. The maximum Gasteiger partial charge on any atom is 0.338 e. The molecule has 0 bridgehead atoms. The van der Waals surface area contributed by atoms with E-state index < -0.39 is 27.4 Å². The number of anilines is 1. The van der Waals surface area contributed by atoms with Crippen molar-refractivity contribution >= 4 is 56.2 Å². The Bertz CT molecular complexity index is 820. The van der Waals surface area contributed by atoms with Crippen LogP contribution in [0.3, 0.4) is 0 Å². The lowest BCUT2D eigenvalue weighted by Crippen LogP contribution is -2.13. The molecule has 0 unspecified atom stereocenters. The first kappa shape index (κ1) is 16.0. The van der Waals surface area contributed by atoms with E-state index >= 15 is 0 Å². The van der Waals surface area contributed by atoms with Gasteiger partial charge in [-0.25, -0.2) is 17.6 Å². The van der Waals surface area contributed by atoms with Crippen molar-refractivity contribution < 1.29 is 22.7 Å². The van der Waals surface area contributed by atoms with Crippen molar-refractivity contribution in [3.8, 4) is 0 Å². The van der Waals surface area contributed by atoms with Crippen LogP contribution < -0.4 is 4.72 Å². The highest BCUT2D eigenvalue weighted by Crippen LogP contribution is 2.35. The Kier molecular flexibility index (Phi) is 4.43. The average molecular weight is 370 g/mol. The first-order valence-corrected chi connectivity index (χ1v) is 8.27. The van der Waals surface area contributed by atoms with Crippen LogP contribution in [0.1, 0.15) is 10.4 Å². The largest absolute Gasteiger partial charge is 0.478 e. The molecule has 0 saturated heterocycles. The quantitative estimate of drug-likeness (QED) is 0.860. The Balaban J connectivity index is 2.35. The van der Waals surface area contributed by atoms with Gasteiger partial charge in [-0.3, -0.25) is 4.72 Å². The van der Waals surface area contributed by atoms with Crippen molar-refractivity contribution in [2.45, 2.75) is 4.90 Å². The van der Waals surface area contributed by atoms with Gasteiger partial charge in [-0.1, -0.05) is 23.2 Å². The molecular formula is C11H6Cl2FNO4S2. The molecule has 0 atom stereocenters. The molecule has 0 aliphatic heterocycles. The van der Waals surface area contributed by atoms with Crippen LogP contribution in [0, 0.1) is 5.82 Å². The van der Waals surface area contributed by atoms with Gasteiger partial charge in [0.2, 0.25) is 0 Å². The minimum atomic E-state index is -4.04. The summed E-state index contributed by atoms with van der Waals surface area (Å²) in [6.07, 6.45) is 0. The fraction of sp³-hybridized carbons (Fsp3) is 0. The average Bonchev–Trinajstić information content (AvgIpc) is 2.68. The number of carboxylic acids is 1. The van der Waals surface area contributed by atoms with Gasteiger partial charge in [0, 0.05) is 0 Å². The number of aromatic carboxylic acids is 1. The van der Waals surface area contributed by atoms with Crippen LogP contribution in [-0.2, 0) is 10.0 Å². The first-order valence-electron chi connectivity index (χ1n) is 5.21. The van der Waals surface area contributed by atoms with Crippen LogP contribution in [-0.4, -0.2) is 19.5 Å². The van der Waals surface area contributed by atoms with Crippen molar-refractivity contribution in [2.75, 3.05) is 4.72 Å². The van der Waals surface area contributed by atoms with E-state index in [0.717, 1.165) is 29.5 Å². The molecule has 2 rings (SSSR count). The van der Waals surface area contributed by atoms with Gasteiger partial charge >= 0.3 is 5.97 Å². The molecule has 0 saturated carbocycles. The van der Waals surface area contributed by atoms with E-state index in [0.29, 0.717) is 0 Å². The number of thiophene rings is 1. The molecular weight excluding hydrogens is 364 g/mol. The smallest absolute Gasteiger partial charge is 0.338 e. The van der Waals surface area contributed by atoms with Crippen molar-refractivity contribution in [1.29, 1.82) is 0 Å². The highest BCUT2D eigenvalue weighted by atomic mass is 35.5. The second kappa shape index (κ2) is 5.80. The Morgan fingerprint density at radius 3 is 2.43 bits per heavy atom. The standard InChI is InChI=1S/C11H6Cl2FNO4S2/c12-9-4-8(10(13)20-9)21(18,19)15-5-1-2-6(11(16)17)7(14)3-5/h1-4,15H,(H,16,17). The Hall–Kier alpha value is -1.35. The van der Waals surface area contributed by atoms with E-state index in [1.54, 1.807) is 0 Å². The number of carbonyl (C=O) groups is 1. The number of hydrogen-bond acceptors (Lipinski definition) is 4. The van der Waals surface area contributed by atoms with E-state index in [1.165, 1.54) is 6.07 Å². The van der Waals surface area contributed by atoms with Gasteiger partial charge in [0.1, 0.15) is 15.0 Å².